The predicted octanol–water partition coefficient (Wildman–Crippen LogP) is 1.82. The van der Waals surface area contributed by atoms with Gasteiger partial charge in [0.25, 0.3) is 0 Å². The van der Waals surface area contributed by atoms with Crippen LogP contribution in [0.25, 0.3) is 0 Å². The Morgan fingerprint density at radius 2 is 2.00 bits per heavy atom. The number of Topliss-reactive ketones (excluding diaryl/α,β-unsaturated/α-hetero) is 1. The summed E-state index contributed by atoms with van der Waals surface area (Å²) in [4.78, 5) is 11.3. The van der Waals surface area contributed by atoms with E-state index in [0.717, 1.165) is 12.1 Å². The van der Waals surface area contributed by atoms with Gasteiger partial charge >= 0.3 is 0 Å². The monoisotopic (exact) mass is 213 g/mol. The highest BCUT2D eigenvalue weighted by molar-refractivity contribution is 5.80. The zero-order valence-electron chi connectivity index (χ0n) is 8.30. The Morgan fingerprint density at radius 1 is 1.27 bits per heavy atom. The highest BCUT2D eigenvalue weighted by Gasteiger charge is 2.06. The number of carbonyl (C=O) groups excluding carboxylic acids is 1. The minimum atomic E-state index is -0.917. The second-order valence-corrected chi connectivity index (χ2v) is 3.36. The Labute approximate surface area is 87.1 Å². The van der Waals surface area contributed by atoms with E-state index < -0.39 is 11.6 Å². The zero-order chi connectivity index (χ0) is 11.3. The van der Waals surface area contributed by atoms with Crippen molar-refractivity contribution in [2.45, 2.75) is 19.3 Å². The summed E-state index contributed by atoms with van der Waals surface area (Å²) in [5, 5.41) is 0. The highest BCUT2D eigenvalue weighted by atomic mass is 19.2. The van der Waals surface area contributed by atoms with Crippen LogP contribution in [0.1, 0.15) is 18.4 Å². The van der Waals surface area contributed by atoms with Crippen molar-refractivity contribution in [2.75, 3.05) is 6.54 Å². The first-order chi connectivity index (χ1) is 7.13. The maximum Gasteiger partial charge on any atom is 0.159 e. The van der Waals surface area contributed by atoms with E-state index in [1.54, 1.807) is 0 Å². The first kappa shape index (κ1) is 11.8. The van der Waals surface area contributed by atoms with E-state index >= 15 is 0 Å². The van der Waals surface area contributed by atoms with Gasteiger partial charge in [-0.25, -0.2) is 8.78 Å². The number of rotatable bonds is 5. The number of carbonyl (C=O) groups is 1. The van der Waals surface area contributed by atoms with E-state index in [9.17, 15) is 13.6 Å². The van der Waals surface area contributed by atoms with Gasteiger partial charge < -0.3 is 5.73 Å². The molecule has 1 rings (SSSR count). The SMILES string of the molecule is NCCCC(=O)Cc1ccc(F)c(F)c1. The molecule has 2 N–H and O–H groups in total. The maximum absolute atomic E-state index is 12.8. The lowest BCUT2D eigenvalue weighted by Gasteiger charge is -2.01. The maximum atomic E-state index is 12.8. The standard InChI is InChI=1S/C11H13F2NO/c12-10-4-3-8(7-11(10)13)6-9(15)2-1-5-14/h3-4,7H,1-2,5-6,14H2. The summed E-state index contributed by atoms with van der Waals surface area (Å²) in [6, 6.07) is 3.50. The molecule has 0 atom stereocenters. The van der Waals surface area contributed by atoms with Gasteiger partial charge in [0.15, 0.2) is 11.6 Å². The molecule has 0 saturated carbocycles. The number of benzene rings is 1. The topological polar surface area (TPSA) is 43.1 Å². The molecular formula is C11H13F2NO. The average molecular weight is 213 g/mol. The van der Waals surface area contributed by atoms with Gasteiger partial charge in [0.2, 0.25) is 0 Å². The third-order valence-electron chi connectivity index (χ3n) is 2.05. The van der Waals surface area contributed by atoms with Crippen molar-refractivity contribution in [3.8, 4) is 0 Å². The Morgan fingerprint density at radius 3 is 2.60 bits per heavy atom. The van der Waals surface area contributed by atoms with Gasteiger partial charge in [-0.15, -0.1) is 0 Å². The lowest BCUT2D eigenvalue weighted by molar-refractivity contribution is -0.118. The molecule has 0 heterocycles. The van der Waals surface area contributed by atoms with E-state index in [2.05, 4.69) is 0 Å². The summed E-state index contributed by atoms with van der Waals surface area (Å²) in [6.45, 7) is 0.462. The van der Waals surface area contributed by atoms with E-state index in [1.807, 2.05) is 0 Å². The largest absolute Gasteiger partial charge is 0.330 e. The zero-order valence-corrected chi connectivity index (χ0v) is 8.30. The average Bonchev–Trinajstić information content (AvgIpc) is 2.20. The van der Waals surface area contributed by atoms with Crippen molar-refractivity contribution in [1.29, 1.82) is 0 Å². The summed E-state index contributed by atoms with van der Waals surface area (Å²) < 4.78 is 25.3. The van der Waals surface area contributed by atoms with Crippen molar-refractivity contribution >= 4 is 5.78 Å². The Hall–Kier alpha value is -1.29. The molecular weight excluding hydrogens is 200 g/mol. The molecule has 15 heavy (non-hydrogen) atoms. The lowest BCUT2D eigenvalue weighted by atomic mass is 10.1. The van der Waals surface area contributed by atoms with Crippen molar-refractivity contribution in [3.63, 3.8) is 0 Å². The van der Waals surface area contributed by atoms with Gasteiger partial charge in [0, 0.05) is 12.8 Å². The van der Waals surface area contributed by atoms with Crippen LogP contribution in [0.2, 0.25) is 0 Å². The summed E-state index contributed by atoms with van der Waals surface area (Å²) in [6.07, 6.45) is 1.15. The van der Waals surface area contributed by atoms with Crippen LogP contribution < -0.4 is 5.73 Å². The molecule has 0 amide bonds. The van der Waals surface area contributed by atoms with Crippen LogP contribution in [-0.2, 0) is 11.2 Å². The van der Waals surface area contributed by atoms with Crippen molar-refractivity contribution in [2.24, 2.45) is 5.73 Å². The van der Waals surface area contributed by atoms with Gasteiger partial charge in [0.1, 0.15) is 5.78 Å². The van der Waals surface area contributed by atoms with Crippen molar-refractivity contribution in [1.82, 2.24) is 0 Å². The third kappa shape index (κ3) is 3.75. The first-order valence-corrected chi connectivity index (χ1v) is 4.79. The van der Waals surface area contributed by atoms with Crippen LogP contribution >= 0.6 is 0 Å². The Bertz CT molecular complexity index is 352. The van der Waals surface area contributed by atoms with Gasteiger partial charge in [-0.3, -0.25) is 4.79 Å². The molecule has 82 valence electrons. The predicted molar refractivity (Wildman–Crippen MR) is 53.4 cm³/mol. The summed E-state index contributed by atoms with van der Waals surface area (Å²) in [7, 11) is 0. The summed E-state index contributed by atoms with van der Waals surface area (Å²) in [5.41, 5.74) is 5.75. The lowest BCUT2D eigenvalue weighted by Crippen LogP contribution is -2.07. The van der Waals surface area contributed by atoms with Crippen LogP contribution in [0.15, 0.2) is 18.2 Å². The number of hydrogen-bond donors (Lipinski definition) is 1. The second-order valence-electron chi connectivity index (χ2n) is 3.36. The van der Waals surface area contributed by atoms with E-state index in [0.29, 0.717) is 24.9 Å². The molecule has 0 bridgehead atoms. The molecule has 0 unspecified atom stereocenters. The minimum absolute atomic E-state index is 0.00791. The second kappa shape index (κ2) is 5.56. The highest BCUT2D eigenvalue weighted by Crippen LogP contribution is 2.10. The van der Waals surface area contributed by atoms with Crippen LogP contribution in [0.3, 0.4) is 0 Å². The molecule has 0 fully saturated rings. The van der Waals surface area contributed by atoms with E-state index in [4.69, 9.17) is 5.73 Å². The first-order valence-electron chi connectivity index (χ1n) is 4.79. The smallest absolute Gasteiger partial charge is 0.159 e. The summed E-state index contributed by atoms with van der Waals surface area (Å²) in [5.74, 6) is -1.82. The molecule has 1 aromatic carbocycles. The molecule has 4 heteroatoms. The van der Waals surface area contributed by atoms with Crippen molar-refractivity contribution < 1.29 is 13.6 Å². The summed E-state index contributed by atoms with van der Waals surface area (Å²) >= 11 is 0. The van der Waals surface area contributed by atoms with E-state index in [-0.39, 0.29) is 12.2 Å². The molecule has 0 radical (unpaired) electrons. The van der Waals surface area contributed by atoms with E-state index in [1.165, 1.54) is 6.07 Å². The molecule has 0 aliphatic carbocycles. The quantitative estimate of drug-likeness (QED) is 0.810. The minimum Gasteiger partial charge on any atom is -0.330 e. The third-order valence-corrected chi connectivity index (χ3v) is 2.05. The number of hydrogen-bond acceptors (Lipinski definition) is 2. The van der Waals surface area contributed by atoms with Crippen LogP contribution in [-0.4, -0.2) is 12.3 Å². The van der Waals surface area contributed by atoms with Gasteiger partial charge in [-0.05, 0) is 30.7 Å². The van der Waals surface area contributed by atoms with Gasteiger partial charge in [-0.2, -0.15) is 0 Å². The van der Waals surface area contributed by atoms with Crippen LogP contribution in [0.5, 0.6) is 0 Å². The fourth-order valence-corrected chi connectivity index (χ4v) is 1.26. The fraction of sp³-hybridized carbons (Fsp3) is 0.364. The fourth-order valence-electron chi connectivity index (χ4n) is 1.26. The van der Waals surface area contributed by atoms with Gasteiger partial charge in [-0.1, -0.05) is 6.07 Å². The van der Waals surface area contributed by atoms with Crippen molar-refractivity contribution in [3.05, 3.63) is 35.4 Å². The molecule has 0 saturated heterocycles. The Kier molecular flexibility index (Phi) is 4.37. The molecule has 0 spiro atoms. The number of nitrogens with two attached hydrogens (primary N) is 1. The molecule has 0 aromatic heterocycles. The Balaban J connectivity index is 2.57. The number of halogens is 2. The van der Waals surface area contributed by atoms with Crippen LogP contribution in [0.4, 0.5) is 8.78 Å². The molecule has 0 aliphatic heterocycles. The normalized spacial score (nSPS) is 10.3. The number of ketones is 1. The molecule has 1 aromatic rings. The molecule has 0 aliphatic rings. The van der Waals surface area contributed by atoms with Gasteiger partial charge in [0.05, 0.1) is 0 Å². The van der Waals surface area contributed by atoms with Crippen LogP contribution in [0, 0.1) is 11.6 Å². The molecule has 2 nitrogen and oxygen atoms in total.